The standard InChI is InChI=1S/C15H7F9O/c16-13(17,18)8-5-6-11(14(19,20)21)10(7-8)9-3-1-2-4-12(9)25-15(22,23)24/h1-7H. The van der Waals surface area contributed by atoms with Gasteiger partial charge in [-0.3, -0.25) is 0 Å². The molecule has 2 aromatic rings. The summed E-state index contributed by atoms with van der Waals surface area (Å²) in [6.07, 6.45) is -15.3. The fraction of sp³-hybridized carbons (Fsp3) is 0.200. The van der Waals surface area contributed by atoms with E-state index in [9.17, 15) is 39.5 Å². The molecule has 2 rings (SSSR count). The Morgan fingerprint density at radius 2 is 1.24 bits per heavy atom. The Balaban J connectivity index is 2.73. The highest BCUT2D eigenvalue weighted by atomic mass is 19.4. The first kappa shape index (κ1) is 18.9. The van der Waals surface area contributed by atoms with Gasteiger partial charge in [-0.25, -0.2) is 0 Å². The van der Waals surface area contributed by atoms with Crippen LogP contribution >= 0.6 is 0 Å². The molecule has 1 nitrogen and oxygen atoms in total. The Hall–Kier alpha value is -2.39. The lowest BCUT2D eigenvalue weighted by Crippen LogP contribution is -2.18. The maximum absolute atomic E-state index is 13.1. The maximum atomic E-state index is 13.1. The highest BCUT2D eigenvalue weighted by Crippen LogP contribution is 2.43. The van der Waals surface area contributed by atoms with Crippen molar-refractivity contribution in [1.82, 2.24) is 0 Å². The van der Waals surface area contributed by atoms with Crippen LogP contribution in [0.4, 0.5) is 39.5 Å². The second-order valence-corrected chi connectivity index (χ2v) is 4.80. The van der Waals surface area contributed by atoms with Gasteiger partial charge >= 0.3 is 18.7 Å². The minimum atomic E-state index is -5.23. The molecule has 0 saturated heterocycles. The summed E-state index contributed by atoms with van der Waals surface area (Å²) in [5, 5.41) is 0. The zero-order valence-corrected chi connectivity index (χ0v) is 11.9. The number of ether oxygens (including phenoxy) is 1. The van der Waals surface area contributed by atoms with Crippen LogP contribution in [0.1, 0.15) is 11.1 Å². The van der Waals surface area contributed by atoms with Gasteiger partial charge in [0.15, 0.2) is 0 Å². The molecule has 0 aliphatic heterocycles. The van der Waals surface area contributed by atoms with Crippen LogP contribution in [0.3, 0.4) is 0 Å². The molecule has 0 heterocycles. The highest BCUT2D eigenvalue weighted by molar-refractivity contribution is 5.74. The quantitative estimate of drug-likeness (QED) is 0.562. The molecule has 0 radical (unpaired) electrons. The third-order valence-electron chi connectivity index (χ3n) is 3.06. The number of rotatable bonds is 2. The normalized spacial score (nSPS) is 13.0. The Labute approximate surface area is 134 Å². The monoisotopic (exact) mass is 374 g/mol. The van der Waals surface area contributed by atoms with Crippen molar-refractivity contribution in [2.45, 2.75) is 18.7 Å². The predicted octanol–water partition coefficient (Wildman–Crippen LogP) is 6.29. The van der Waals surface area contributed by atoms with Crippen LogP contribution in [0.25, 0.3) is 11.1 Å². The van der Waals surface area contributed by atoms with Gasteiger partial charge in [0.2, 0.25) is 0 Å². The van der Waals surface area contributed by atoms with Crippen molar-refractivity contribution >= 4 is 0 Å². The molecule has 0 amide bonds. The zero-order chi connectivity index (χ0) is 19.0. The predicted molar refractivity (Wildman–Crippen MR) is 68.6 cm³/mol. The van der Waals surface area contributed by atoms with Gasteiger partial charge in [0.05, 0.1) is 11.1 Å². The summed E-state index contributed by atoms with van der Waals surface area (Å²) in [5.74, 6) is -1.04. The summed E-state index contributed by atoms with van der Waals surface area (Å²) >= 11 is 0. The van der Waals surface area contributed by atoms with Gasteiger partial charge in [-0.1, -0.05) is 18.2 Å². The number of alkyl halides is 9. The van der Waals surface area contributed by atoms with E-state index in [1.165, 1.54) is 0 Å². The van der Waals surface area contributed by atoms with Gasteiger partial charge in [0.1, 0.15) is 5.75 Å². The van der Waals surface area contributed by atoms with Crippen LogP contribution in [-0.2, 0) is 12.4 Å². The smallest absolute Gasteiger partial charge is 0.405 e. The summed E-state index contributed by atoms with van der Waals surface area (Å²) in [6.45, 7) is 0. The van der Waals surface area contributed by atoms with Crippen LogP contribution in [-0.4, -0.2) is 6.36 Å². The molecule has 0 aliphatic rings. The average molecular weight is 374 g/mol. The fourth-order valence-electron chi connectivity index (χ4n) is 2.09. The summed E-state index contributed by atoms with van der Waals surface area (Å²) in [4.78, 5) is 0. The molecule has 0 unspecified atom stereocenters. The lowest BCUT2D eigenvalue weighted by Gasteiger charge is -2.18. The first-order chi connectivity index (χ1) is 11.3. The molecule has 0 saturated carbocycles. The van der Waals surface area contributed by atoms with E-state index in [0.29, 0.717) is 6.07 Å². The lowest BCUT2D eigenvalue weighted by atomic mass is 9.96. The van der Waals surface area contributed by atoms with Gasteiger partial charge in [-0.2, -0.15) is 26.3 Å². The Morgan fingerprint density at radius 1 is 0.640 bits per heavy atom. The number of halogens is 9. The molecule has 0 fully saturated rings. The van der Waals surface area contributed by atoms with E-state index >= 15 is 0 Å². The van der Waals surface area contributed by atoms with Gasteiger partial charge < -0.3 is 4.74 Å². The van der Waals surface area contributed by atoms with Crippen molar-refractivity contribution in [3.05, 3.63) is 53.6 Å². The zero-order valence-electron chi connectivity index (χ0n) is 11.9. The molecule has 0 aliphatic carbocycles. The number of hydrogen-bond donors (Lipinski definition) is 0. The van der Waals surface area contributed by atoms with E-state index in [4.69, 9.17) is 0 Å². The molecule has 0 bridgehead atoms. The first-order valence-electron chi connectivity index (χ1n) is 6.42. The van der Waals surface area contributed by atoms with Crippen LogP contribution in [0.15, 0.2) is 42.5 Å². The van der Waals surface area contributed by atoms with E-state index in [1.54, 1.807) is 0 Å². The molecule has 25 heavy (non-hydrogen) atoms. The lowest BCUT2D eigenvalue weighted by molar-refractivity contribution is -0.274. The van der Waals surface area contributed by atoms with Crippen LogP contribution in [0.2, 0.25) is 0 Å². The highest BCUT2D eigenvalue weighted by Gasteiger charge is 2.39. The minimum absolute atomic E-state index is 0.140. The Bertz CT molecular complexity index is 757. The van der Waals surface area contributed by atoms with Crippen LogP contribution < -0.4 is 4.74 Å². The summed E-state index contributed by atoms with van der Waals surface area (Å²) in [5.41, 5.74) is -4.78. The maximum Gasteiger partial charge on any atom is 0.573 e. The van der Waals surface area contributed by atoms with E-state index in [-0.39, 0.29) is 18.2 Å². The minimum Gasteiger partial charge on any atom is -0.405 e. The summed E-state index contributed by atoms with van der Waals surface area (Å²) in [6, 6.07) is 4.17. The van der Waals surface area contributed by atoms with Crippen molar-refractivity contribution < 1.29 is 44.3 Å². The second-order valence-electron chi connectivity index (χ2n) is 4.80. The molecule has 0 atom stereocenters. The Morgan fingerprint density at radius 3 is 1.76 bits per heavy atom. The van der Waals surface area contributed by atoms with Crippen molar-refractivity contribution in [3.63, 3.8) is 0 Å². The van der Waals surface area contributed by atoms with Crippen molar-refractivity contribution in [2.75, 3.05) is 0 Å². The molecule has 2 aromatic carbocycles. The third-order valence-corrected chi connectivity index (χ3v) is 3.06. The number of hydrogen-bond acceptors (Lipinski definition) is 1. The molecular formula is C15H7F9O. The first-order valence-corrected chi connectivity index (χ1v) is 6.42. The van der Waals surface area contributed by atoms with E-state index < -0.39 is 46.7 Å². The SMILES string of the molecule is FC(F)(F)Oc1ccccc1-c1cc(C(F)(F)F)ccc1C(F)(F)F. The number of benzene rings is 2. The topological polar surface area (TPSA) is 9.23 Å². The van der Waals surface area contributed by atoms with Crippen LogP contribution in [0, 0.1) is 0 Å². The van der Waals surface area contributed by atoms with E-state index in [0.717, 1.165) is 18.2 Å². The largest absolute Gasteiger partial charge is 0.573 e. The van der Waals surface area contributed by atoms with Gasteiger partial charge in [-0.15, -0.1) is 13.2 Å². The molecule has 0 spiro atoms. The Kier molecular flexibility index (Phi) is 4.67. The molecular weight excluding hydrogens is 367 g/mol. The van der Waals surface area contributed by atoms with Crippen LogP contribution in [0.5, 0.6) is 5.75 Å². The molecule has 136 valence electrons. The van der Waals surface area contributed by atoms with Gasteiger partial charge in [-0.05, 0) is 29.8 Å². The van der Waals surface area contributed by atoms with Gasteiger partial charge in [0.25, 0.3) is 0 Å². The molecule has 10 heteroatoms. The number of para-hydroxylation sites is 1. The van der Waals surface area contributed by atoms with Gasteiger partial charge in [0, 0.05) is 5.56 Å². The van der Waals surface area contributed by atoms with Crippen molar-refractivity contribution in [2.24, 2.45) is 0 Å². The average Bonchev–Trinajstić information content (AvgIpc) is 2.43. The van der Waals surface area contributed by atoms with Crippen molar-refractivity contribution in [1.29, 1.82) is 0 Å². The van der Waals surface area contributed by atoms with Crippen molar-refractivity contribution in [3.8, 4) is 16.9 Å². The second kappa shape index (κ2) is 6.16. The third kappa shape index (κ3) is 4.58. The fourth-order valence-corrected chi connectivity index (χ4v) is 2.09. The molecule has 0 aromatic heterocycles. The van der Waals surface area contributed by atoms with E-state index in [2.05, 4.69) is 4.74 Å². The van der Waals surface area contributed by atoms with E-state index in [1.807, 2.05) is 0 Å². The summed E-state index contributed by atoms with van der Waals surface area (Å²) < 4.78 is 119. The summed E-state index contributed by atoms with van der Waals surface area (Å²) in [7, 11) is 0. The molecule has 0 N–H and O–H groups in total.